The maximum absolute atomic E-state index is 12.2. The van der Waals surface area contributed by atoms with Gasteiger partial charge in [-0.25, -0.2) is 0 Å². The van der Waals surface area contributed by atoms with E-state index >= 15 is 0 Å². The highest BCUT2D eigenvalue weighted by atomic mass is 19.4. The Morgan fingerprint density at radius 1 is 1.39 bits per heavy atom. The number of rotatable bonds is 9. The van der Waals surface area contributed by atoms with Crippen molar-refractivity contribution >= 4 is 5.97 Å². The van der Waals surface area contributed by atoms with Crippen LogP contribution in [0.2, 0.25) is 0 Å². The Morgan fingerprint density at radius 3 is 2.44 bits per heavy atom. The van der Waals surface area contributed by atoms with Crippen molar-refractivity contribution in [2.75, 3.05) is 26.3 Å². The van der Waals surface area contributed by atoms with Crippen LogP contribution in [-0.4, -0.2) is 43.6 Å². The minimum absolute atomic E-state index is 0.304. The van der Waals surface area contributed by atoms with E-state index in [2.05, 4.69) is 5.32 Å². The SMILES string of the molecule is CC(C)COCCCNCC(C(=O)O)C(F)(F)F. The first-order valence-electron chi connectivity index (χ1n) is 5.83. The van der Waals surface area contributed by atoms with E-state index in [0.717, 1.165) is 0 Å². The molecule has 2 N–H and O–H groups in total. The lowest BCUT2D eigenvalue weighted by molar-refractivity contribution is -0.192. The highest BCUT2D eigenvalue weighted by Crippen LogP contribution is 2.25. The van der Waals surface area contributed by atoms with Crippen LogP contribution >= 0.6 is 0 Å². The van der Waals surface area contributed by atoms with Gasteiger partial charge in [0.15, 0.2) is 5.92 Å². The van der Waals surface area contributed by atoms with E-state index in [0.29, 0.717) is 32.1 Å². The smallest absolute Gasteiger partial charge is 0.403 e. The van der Waals surface area contributed by atoms with Gasteiger partial charge in [-0.1, -0.05) is 13.8 Å². The fourth-order valence-electron chi connectivity index (χ4n) is 1.21. The van der Waals surface area contributed by atoms with E-state index < -0.39 is 24.6 Å². The highest BCUT2D eigenvalue weighted by molar-refractivity contribution is 5.71. The van der Waals surface area contributed by atoms with Crippen LogP contribution in [-0.2, 0) is 9.53 Å². The number of aliphatic carboxylic acids is 1. The van der Waals surface area contributed by atoms with Crippen LogP contribution < -0.4 is 5.32 Å². The summed E-state index contributed by atoms with van der Waals surface area (Å²) in [6, 6.07) is 0. The van der Waals surface area contributed by atoms with Gasteiger partial charge in [-0.15, -0.1) is 0 Å². The highest BCUT2D eigenvalue weighted by Gasteiger charge is 2.44. The summed E-state index contributed by atoms with van der Waals surface area (Å²) in [5.74, 6) is -3.79. The van der Waals surface area contributed by atoms with Gasteiger partial charge in [-0.05, 0) is 18.9 Å². The molecule has 0 aromatic heterocycles. The van der Waals surface area contributed by atoms with E-state index in [-0.39, 0.29) is 0 Å². The minimum atomic E-state index is -4.72. The molecule has 0 heterocycles. The number of alkyl halides is 3. The predicted molar refractivity (Wildman–Crippen MR) is 60.3 cm³/mol. The van der Waals surface area contributed by atoms with Gasteiger partial charge in [0.25, 0.3) is 0 Å². The molecule has 108 valence electrons. The fourth-order valence-corrected chi connectivity index (χ4v) is 1.21. The van der Waals surface area contributed by atoms with E-state index in [4.69, 9.17) is 9.84 Å². The van der Waals surface area contributed by atoms with Gasteiger partial charge in [0.2, 0.25) is 0 Å². The summed E-state index contributed by atoms with van der Waals surface area (Å²) in [6.45, 7) is 4.76. The second-order valence-electron chi connectivity index (χ2n) is 4.46. The maximum Gasteiger partial charge on any atom is 0.403 e. The zero-order valence-corrected chi connectivity index (χ0v) is 10.6. The first-order valence-corrected chi connectivity index (χ1v) is 5.83. The van der Waals surface area contributed by atoms with Gasteiger partial charge in [-0.2, -0.15) is 13.2 Å². The van der Waals surface area contributed by atoms with Gasteiger partial charge in [0.05, 0.1) is 0 Å². The first kappa shape index (κ1) is 17.2. The zero-order chi connectivity index (χ0) is 14.2. The van der Waals surface area contributed by atoms with E-state index in [1.807, 2.05) is 13.8 Å². The summed E-state index contributed by atoms with van der Waals surface area (Å²) in [6.07, 6.45) is -4.16. The molecule has 1 atom stereocenters. The normalized spacial score (nSPS) is 13.9. The Balaban J connectivity index is 3.66. The molecule has 0 aromatic rings. The Morgan fingerprint density at radius 2 is 2.00 bits per heavy atom. The van der Waals surface area contributed by atoms with Crippen molar-refractivity contribution in [3.63, 3.8) is 0 Å². The largest absolute Gasteiger partial charge is 0.481 e. The molecule has 0 saturated carbocycles. The van der Waals surface area contributed by atoms with Crippen LogP contribution in [0.5, 0.6) is 0 Å². The third-order valence-corrected chi connectivity index (χ3v) is 2.14. The van der Waals surface area contributed by atoms with Crippen molar-refractivity contribution in [1.82, 2.24) is 5.32 Å². The fraction of sp³-hybridized carbons (Fsp3) is 0.909. The molecule has 0 aliphatic rings. The Labute approximate surface area is 105 Å². The molecule has 18 heavy (non-hydrogen) atoms. The standard InChI is InChI=1S/C11H20F3NO3/c1-8(2)7-18-5-3-4-15-6-9(10(16)17)11(12,13)14/h8-9,15H,3-7H2,1-2H3,(H,16,17). The quantitative estimate of drug-likeness (QED) is 0.629. The van der Waals surface area contributed by atoms with Crippen molar-refractivity contribution in [1.29, 1.82) is 0 Å². The van der Waals surface area contributed by atoms with Gasteiger partial charge in [0, 0.05) is 19.8 Å². The van der Waals surface area contributed by atoms with E-state index in [9.17, 15) is 18.0 Å². The summed E-state index contributed by atoms with van der Waals surface area (Å²) in [5.41, 5.74) is 0. The van der Waals surface area contributed by atoms with Crippen LogP contribution in [0, 0.1) is 11.8 Å². The number of ether oxygens (including phenoxy) is 1. The molecule has 0 spiro atoms. The number of carboxylic acids is 1. The molecule has 0 radical (unpaired) electrons. The van der Waals surface area contributed by atoms with Crippen LogP contribution in [0.4, 0.5) is 13.2 Å². The van der Waals surface area contributed by atoms with Crippen molar-refractivity contribution in [3.8, 4) is 0 Å². The number of carbonyl (C=O) groups is 1. The Hall–Kier alpha value is -0.820. The lowest BCUT2D eigenvalue weighted by atomic mass is 10.1. The summed E-state index contributed by atoms with van der Waals surface area (Å²) < 4.78 is 42.0. The van der Waals surface area contributed by atoms with Crippen LogP contribution in [0.3, 0.4) is 0 Å². The van der Waals surface area contributed by atoms with Crippen molar-refractivity contribution < 1.29 is 27.8 Å². The van der Waals surface area contributed by atoms with E-state index in [1.165, 1.54) is 0 Å². The zero-order valence-electron chi connectivity index (χ0n) is 10.6. The number of nitrogens with one attached hydrogen (secondary N) is 1. The van der Waals surface area contributed by atoms with Gasteiger partial charge < -0.3 is 15.2 Å². The van der Waals surface area contributed by atoms with Crippen LogP contribution in [0.1, 0.15) is 20.3 Å². The third-order valence-electron chi connectivity index (χ3n) is 2.14. The maximum atomic E-state index is 12.2. The lowest BCUT2D eigenvalue weighted by Crippen LogP contribution is -2.39. The molecule has 4 nitrogen and oxygen atoms in total. The molecular formula is C11H20F3NO3. The lowest BCUT2D eigenvalue weighted by Gasteiger charge is -2.16. The molecule has 1 unspecified atom stereocenters. The monoisotopic (exact) mass is 271 g/mol. The molecule has 0 aliphatic heterocycles. The number of carboxylic acid groups (broad SMARTS) is 1. The summed E-state index contributed by atoms with van der Waals surface area (Å²) in [7, 11) is 0. The number of halogens is 3. The van der Waals surface area contributed by atoms with Crippen LogP contribution in [0.25, 0.3) is 0 Å². The molecule has 0 amide bonds. The average Bonchev–Trinajstić information content (AvgIpc) is 2.18. The van der Waals surface area contributed by atoms with Gasteiger partial charge in [-0.3, -0.25) is 4.79 Å². The molecule has 0 saturated heterocycles. The summed E-state index contributed by atoms with van der Waals surface area (Å²) in [4.78, 5) is 10.4. The van der Waals surface area contributed by atoms with Gasteiger partial charge in [0.1, 0.15) is 0 Å². The van der Waals surface area contributed by atoms with Gasteiger partial charge >= 0.3 is 12.1 Å². The topological polar surface area (TPSA) is 58.6 Å². The molecular weight excluding hydrogens is 251 g/mol. The summed E-state index contributed by atoms with van der Waals surface area (Å²) in [5, 5.41) is 10.9. The second-order valence-corrected chi connectivity index (χ2v) is 4.46. The van der Waals surface area contributed by atoms with Crippen molar-refractivity contribution in [2.45, 2.75) is 26.4 Å². The minimum Gasteiger partial charge on any atom is -0.481 e. The number of hydrogen-bond donors (Lipinski definition) is 2. The molecule has 0 fully saturated rings. The van der Waals surface area contributed by atoms with Crippen molar-refractivity contribution in [2.24, 2.45) is 11.8 Å². The Bertz CT molecular complexity index is 244. The third kappa shape index (κ3) is 8.30. The van der Waals surface area contributed by atoms with Crippen molar-refractivity contribution in [3.05, 3.63) is 0 Å². The molecule has 0 aliphatic carbocycles. The first-order chi connectivity index (χ1) is 8.25. The Kier molecular flexibility index (Phi) is 7.93. The second kappa shape index (κ2) is 8.31. The predicted octanol–water partition coefficient (Wildman–Crippen LogP) is 1.90. The van der Waals surface area contributed by atoms with E-state index in [1.54, 1.807) is 0 Å². The number of hydrogen-bond acceptors (Lipinski definition) is 3. The molecule has 0 rings (SSSR count). The summed E-state index contributed by atoms with van der Waals surface area (Å²) >= 11 is 0. The molecule has 0 aromatic carbocycles. The molecule has 7 heteroatoms. The average molecular weight is 271 g/mol. The molecule has 0 bridgehead atoms. The van der Waals surface area contributed by atoms with Crippen LogP contribution in [0.15, 0.2) is 0 Å².